The van der Waals surface area contributed by atoms with Gasteiger partial charge in [-0.25, -0.2) is 17.9 Å². The van der Waals surface area contributed by atoms with E-state index in [1.54, 1.807) is 24.3 Å². The maximum absolute atomic E-state index is 12.4. The third-order valence-corrected chi connectivity index (χ3v) is 4.81. The third kappa shape index (κ3) is 3.72. The van der Waals surface area contributed by atoms with Crippen LogP contribution in [0.2, 0.25) is 0 Å². The van der Waals surface area contributed by atoms with Gasteiger partial charge in [0.2, 0.25) is 10.0 Å². The fraction of sp³-hybridized carbons (Fsp3) is 0.188. The normalized spacial score (nSPS) is 11.5. The van der Waals surface area contributed by atoms with Crippen molar-refractivity contribution in [3.05, 3.63) is 54.6 Å². The molecule has 2 rings (SSSR count). The van der Waals surface area contributed by atoms with Crippen LogP contribution in [-0.2, 0) is 14.8 Å². The molecule has 22 heavy (non-hydrogen) atoms. The van der Waals surface area contributed by atoms with Crippen LogP contribution in [0.4, 0.5) is 0 Å². The predicted octanol–water partition coefficient (Wildman–Crippen LogP) is 2.54. The van der Waals surface area contributed by atoms with Crippen molar-refractivity contribution in [1.29, 1.82) is 0 Å². The summed E-state index contributed by atoms with van der Waals surface area (Å²) in [4.78, 5) is 10.8. The van der Waals surface area contributed by atoms with E-state index < -0.39 is 16.0 Å². The number of carboxylic acids is 1. The van der Waals surface area contributed by atoms with Crippen LogP contribution in [-0.4, -0.2) is 26.0 Å². The number of carboxylic acid groups (broad SMARTS) is 1. The van der Waals surface area contributed by atoms with Crippen molar-refractivity contribution >= 4 is 26.8 Å². The average molecular weight is 319 g/mol. The second-order valence-corrected chi connectivity index (χ2v) is 6.62. The topological polar surface area (TPSA) is 83.5 Å². The van der Waals surface area contributed by atoms with Gasteiger partial charge in [-0.1, -0.05) is 43.0 Å². The Morgan fingerprint density at radius 3 is 2.55 bits per heavy atom. The lowest BCUT2D eigenvalue weighted by Gasteiger charge is -2.09. The Morgan fingerprint density at radius 1 is 1.14 bits per heavy atom. The van der Waals surface area contributed by atoms with Gasteiger partial charge in [-0.15, -0.1) is 0 Å². The van der Waals surface area contributed by atoms with Gasteiger partial charge < -0.3 is 5.11 Å². The van der Waals surface area contributed by atoms with Crippen LogP contribution in [0, 0.1) is 0 Å². The number of hydrogen-bond acceptors (Lipinski definition) is 3. The summed E-state index contributed by atoms with van der Waals surface area (Å²) in [5, 5.41) is 10.2. The van der Waals surface area contributed by atoms with E-state index in [-0.39, 0.29) is 23.4 Å². The average Bonchev–Trinajstić information content (AvgIpc) is 2.50. The first-order valence-corrected chi connectivity index (χ1v) is 8.28. The maximum atomic E-state index is 12.4. The van der Waals surface area contributed by atoms with E-state index in [4.69, 9.17) is 5.11 Å². The van der Waals surface area contributed by atoms with Gasteiger partial charge in [0, 0.05) is 17.5 Å². The summed E-state index contributed by atoms with van der Waals surface area (Å²) in [6.45, 7) is 3.58. The molecule has 0 amide bonds. The Labute approximate surface area is 129 Å². The highest BCUT2D eigenvalue weighted by Crippen LogP contribution is 2.22. The smallest absolute Gasteiger partial charge is 0.330 e. The molecular weight excluding hydrogens is 302 g/mol. The summed E-state index contributed by atoms with van der Waals surface area (Å²) in [6.07, 6.45) is 0.628. The van der Waals surface area contributed by atoms with Crippen molar-refractivity contribution in [3.63, 3.8) is 0 Å². The molecule has 2 N–H and O–H groups in total. The third-order valence-electron chi connectivity index (χ3n) is 3.29. The molecule has 0 spiro atoms. The summed E-state index contributed by atoms with van der Waals surface area (Å²) in [5.41, 5.74) is 0.0735. The summed E-state index contributed by atoms with van der Waals surface area (Å²) in [5.74, 6) is -1.06. The Balaban J connectivity index is 2.10. The van der Waals surface area contributed by atoms with Crippen LogP contribution in [0.3, 0.4) is 0 Å². The van der Waals surface area contributed by atoms with E-state index in [1.807, 2.05) is 18.2 Å². The lowest BCUT2D eigenvalue weighted by Crippen LogP contribution is -2.25. The van der Waals surface area contributed by atoms with Crippen molar-refractivity contribution in [1.82, 2.24) is 4.72 Å². The van der Waals surface area contributed by atoms with Gasteiger partial charge in [-0.3, -0.25) is 0 Å². The summed E-state index contributed by atoms with van der Waals surface area (Å²) in [6, 6.07) is 12.4. The summed E-state index contributed by atoms with van der Waals surface area (Å²) in [7, 11) is -3.63. The minimum atomic E-state index is -3.63. The van der Waals surface area contributed by atoms with Crippen LogP contribution in [0.5, 0.6) is 0 Å². The number of benzene rings is 2. The first-order valence-electron chi connectivity index (χ1n) is 6.80. The molecule has 0 heterocycles. The molecule has 0 aliphatic carbocycles. The monoisotopic (exact) mass is 319 g/mol. The molecule has 0 aliphatic heterocycles. The van der Waals surface area contributed by atoms with Crippen LogP contribution in [0.15, 0.2) is 59.5 Å². The first kappa shape index (κ1) is 16.2. The molecule has 0 radical (unpaired) electrons. The number of hydrogen-bond donors (Lipinski definition) is 2. The highest BCUT2D eigenvalue weighted by molar-refractivity contribution is 7.89. The van der Waals surface area contributed by atoms with Crippen molar-refractivity contribution in [3.8, 4) is 0 Å². The van der Waals surface area contributed by atoms with Crippen LogP contribution in [0.25, 0.3) is 10.8 Å². The van der Waals surface area contributed by atoms with E-state index in [0.29, 0.717) is 11.8 Å². The lowest BCUT2D eigenvalue weighted by atomic mass is 10.1. The molecule has 0 saturated heterocycles. The van der Waals surface area contributed by atoms with Gasteiger partial charge in [-0.05, 0) is 24.3 Å². The van der Waals surface area contributed by atoms with Crippen molar-refractivity contribution in [2.24, 2.45) is 0 Å². The van der Waals surface area contributed by atoms with Crippen LogP contribution < -0.4 is 4.72 Å². The fourth-order valence-corrected chi connectivity index (χ4v) is 3.42. The van der Waals surface area contributed by atoms with E-state index in [0.717, 1.165) is 5.39 Å². The largest absolute Gasteiger partial charge is 0.478 e. The maximum Gasteiger partial charge on any atom is 0.330 e. The molecule has 0 saturated carbocycles. The molecule has 0 unspecified atom stereocenters. The molecule has 0 atom stereocenters. The Kier molecular flexibility index (Phi) is 4.95. The number of rotatable bonds is 7. The Bertz CT molecular complexity index is 807. The van der Waals surface area contributed by atoms with E-state index >= 15 is 0 Å². The molecule has 5 nitrogen and oxygen atoms in total. The molecule has 2 aromatic rings. The Morgan fingerprint density at radius 2 is 1.82 bits per heavy atom. The van der Waals surface area contributed by atoms with Gasteiger partial charge in [0.1, 0.15) is 0 Å². The second kappa shape index (κ2) is 6.72. The van der Waals surface area contributed by atoms with Gasteiger partial charge >= 0.3 is 5.97 Å². The molecule has 116 valence electrons. The zero-order valence-corrected chi connectivity index (χ0v) is 12.8. The summed E-state index contributed by atoms with van der Waals surface area (Å²) < 4.78 is 27.2. The fourth-order valence-electron chi connectivity index (χ4n) is 2.12. The molecule has 0 aliphatic rings. The molecular formula is C16H17NO4S. The number of aliphatic carboxylic acids is 1. The number of carbonyl (C=O) groups is 1. The van der Waals surface area contributed by atoms with Crippen LogP contribution >= 0.6 is 0 Å². The highest BCUT2D eigenvalue weighted by atomic mass is 32.2. The van der Waals surface area contributed by atoms with E-state index in [9.17, 15) is 13.2 Å². The number of fused-ring (bicyclic) bond motifs is 1. The van der Waals surface area contributed by atoms with Crippen molar-refractivity contribution in [2.75, 3.05) is 6.54 Å². The molecule has 6 heteroatoms. The molecule has 2 aromatic carbocycles. The second-order valence-electron chi connectivity index (χ2n) is 4.89. The van der Waals surface area contributed by atoms with Gasteiger partial charge in [0.15, 0.2) is 0 Å². The Hall–Kier alpha value is -2.18. The minimum absolute atomic E-state index is 0.0735. The summed E-state index contributed by atoms with van der Waals surface area (Å²) >= 11 is 0. The zero-order chi connectivity index (χ0) is 16.2. The number of nitrogens with one attached hydrogen (secondary N) is 1. The standard InChI is InChI=1S/C16H17NO4S/c1-12(16(18)19)6-5-11-17-22(20,21)15-10-4-8-13-7-2-3-9-14(13)15/h2-4,7-10,17H,1,5-6,11H2,(H,18,19). The van der Waals surface area contributed by atoms with Gasteiger partial charge in [0.25, 0.3) is 0 Å². The van der Waals surface area contributed by atoms with Crippen LogP contribution in [0.1, 0.15) is 12.8 Å². The SMILES string of the molecule is C=C(CCCNS(=O)(=O)c1cccc2ccccc12)C(=O)O. The van der Waals surface area contributed by atoms with Gasteiger partial charge in [0.05, 0.1) is 4.90 Å². The first-order chi connectivity index (χ1) is 10.4. The van der Waals surface area contributed by atoms with Gasteiger partial charge in [-0.2, -0.15) is 0 Å². The minimum Gasteiger partial charge on any atom is -0.478 e. The van der Waals surface area contributed by atoms with E-state index in [1.165, 1.54) is 0 Å². The number of sulfonamides is 1. The van der Waals surface area contributed by atoms with Crippen molar-refractivity contribution < 1.29 is 18.3 Å². The lowest BCUT2D eigenvalue weighted by molar-refractivity contribution is -0.132. The zero-order valence-electron chi connectivity index (χ0n) is 12.0. The molecule has 0 fully saturated rings. The molecule has 0 aromatic heterocycles. The molecule has 0 bridgehead atoms. The van der Waals surface area contributed by atoms with E-state index in [2.05, 4.69) is 11.3 Å². The highest BCUT2D eigenvalue weighted by Gasteiger charge is 2.16. The quantitative estimate of drug-likeness (QED) is 0.607. The predicted molar refractivity (Wildman–Crippen MR) is 85.1 cm³/mol. The van der Waals surface area contributed by atoms with Crippen molar-refractivity contribution in [2.45, 2.75) is 17.7 Å².